The molecule has 2 aliphatic carbocycles. The molecule has 32 heavy (non-hydrogen) atoms. The average Bonchev–Trinajstić information content (AvgIpc) is 3.02. The van der Waals surface area contributed by atoms with Gasteiger partial charge in [-0.2, -0.15) is 0 Å². The Morgan fingerprint density at radius 1 is 1.03 bits per heavy atom. The highest BCUT2D eigenvalue weighted by atomic mass is 16.5. The molecule has 2 amide bonds. The van der Waals surface area contributed by atoms with Crippen LogP contribution in [0.2, 0.25) is 0 Å². The first-order chi connectivity index (χ1) is 15.5. The minimum atomic E-state index is -0.0342. The van der Waals surface area contributed by atoms with Crippen molar-refractivity contribution in [1.29, 1.82) is 0 Å². The van der Waals surface area contributed by atoms with Crippen LogP contribution in [0.5, 0.6) is 0 Å². The number of urea groups is 1. The van der Waals surface area contributed by atoms with Crippen LogP contribution in [0, 0.1) is 5.92 Å². The lowest BCUT2D eigenvalue weighted by atomic mass is 9.68. The van der Waals surface area contributed by atoms with Gasteiger partial charge < -0.3 is 19.3 Å². The molecule has 1 aromatic rings. The van der Waals surface area contributed by atoms with Crippen LogP contribution in [0.25, 0.3) is 0 Å². The van der Waals surface area contributed by atoms with Crippen LogP contribution in [-0.2, 0) is 15.0 Å². The maximum atomic E-state index is 13.5. The summed E-state index contributed by atoms with van der Waals surface area (Å²) in [6.45, 7) is 4.19. The molecular weight excluding hydrogens is 402 g/mol. The van der Waals surface area contributed by atoms with Gasteiger partial charge in [0.1, 0.15) is 0 Å². The summed E-state index contributed by atoms with van der Waals surface area (Å²) in [5, 5.41) is 0. The van der Waals surface area contributed by atoms with Gasteiger partial charge in [0, 0.05) is 32.3 Å². The van der Waals surface area contributed by atoms with E-state index in [1.54, 1.807) is 7.11 Å². The number of carbonyl (C=O) groups is 1. The fourth-order valence-corrected chi connectivity index (χ4v) is 5.98. The number of amides is 2. The SMILES string of the molecule is COCCOCCN1C[C@]2(CC[C@@](c3ccccc3)(N(C)C)CC2)N(CC2CCC2)C1=O. The lowest BCUT2D eigenvalue weighted by Crippen LogP contribution is -2.56. The fourth-order valence-electron chi connectivity index (χ4n) is 5.98. The van der Waals surface area contributed by atoms with Crippen LogP contribution in [0.15, 0.2) is 30.3 Å². The van der Waals surface area contributed by atoms with E-state index in [9.17, 15) is 4.79 Å². The molecule has 0 aromatic heterocycles. The molecule has 0 bridgehead atoms. The van der Waals surface area contributed by atoms with Gasteiger partial charge in [0.25, 0.3) is 0 Å². The molecule has 3 aliphatic rings. The topological polar surface area (TPSA) is 45.3 Å². The van der Waals surface area contributed by atoms with E-state index in [1.165, 1.54) is 24.8 Å². The van der Waals surface area contributed by atoms with Crippen molar-refractivity contribution >= 4 is 6.03 Å². The summed E-state index contributed by atoms with van der Waals surface area (Å²) in [5.41, 5.74) is 1.42. The zero-order valence-corrected chi connectivity index (χ0v) is 20.2. The van der Waals surface area contributed by atoms with Gasteiger partial charge >= 0.3 is 6.03 Å². The van der Waals surface area contributed by atoms with E-state index in [-0.39, 0.29) is 17.1 Å². The summed E-state index contributed by atoms with van der Waals surface area (Å²) in [5.74, 6) is 0.684. The van der Waals surface area contributed by atoms with Gasteiger partial charge in [-0.15, -0.1) is 0 Å². The normalized spacial score (nSPS) is 28.7. The van der Waals surface area contributed by atoms with Crippen molar-refractivity contribution in [2.45, 2.75) is 56.0 Å². The number of rotatable bonds is 10. The fraction of sp³-hybridized carbons (Fsp3) is 0.731. The first-order valence-corrected chi connectivity index (χ1v) is 12.4. The zero-order valence-electron chi connectivity index (χ0n) is 20.2. The molecule has 1 spiro atoms. The molecular formula is C26H41N3O3. The molecule has 1 heterocycles. The third-order valence-electron chi connectivity index (χ3n) is 8.34. The van der Waals surface area contributed by atoms with E-state index in [0.29, 0.717) is 32.3 Å². The van der Waals surface area contributed by atoms with E-state index < -0.39 is 0 Å². The van der Waals surface area contributed by atoms with E-state index >= 15 is 0 Å². The smallest absolute Gasteiger partial charge is 0.320 e. The van der Waals surface area contributed by atoms with E-state index in [4.69, 9.17) is 9.47 Å². The zero-order chi connectivity index (χ0) is 22.6. The van der Waals surface area contributed by atoms with E-state index in [2.05, 4.69) is 59.1 Å². The highest BCUT2D eigenvalue weighted by Crippen LogP contribution is 2.49. The second-order valence-electron chi connectivity index (χ2n) is 10.2. The Hall–Kier alpha value is -1.63. The summed E-state index contributed by atoms with van der Waals surface area (Å²) in [4.78, 5) is 20.2. The summed E-state index contributed by atoms with van der Waals surface area (Å²) < 4.78 is 10.7. The summed E-state index contributed by atoms with van der Waals surface area (Å²) in [6.07, 6.45) is 8.12. The monoisotopic (exact) mass is 443 g/mol. The quantitative estimate of drug-likeness (QED) is 0.514. The maximum absolute atomic E-state index is 13.5. The third kappa shape index (κ3) is 4.55. The number of nitrogens with zero attached hydrogens (tertiary/aromatic N) is 3. The Kier molecular flexibility index (Phi) is 7.43. The van der Waals surface area contributed by atoms with Crippen LogP contribution < -0.4 is 0 Å². The number of ether oxygens (including phenoxy) is 2. The van der Waals surface area contributed by atoms with Gasteiger partial charge in [-0.3, -0.25) is 4.90 Å². The Morgan fingerprint density at radius 3 is 2.34 bits per heavy atom. The van der Waals surface area contributed by atoms with Crippen LogP contribution >= 0.6 is 0 Å². The first kappa shape index (κ1) is 23.5. The Labute approximate surface area is 193 Å². The maximum Gasteiger partial charge on any atom is 0.320 e. The Balaban J connectivity index is 1.48. The van der Waals surface area contributed by atoms with Gasteiger partial charge in [-0.05, 0) is 64.1 Å². The van der Waals surface area contributed by atoms with Crippen molar-refractivity contribution in [1.82, 2.24) is 14.7 Å². The molecule has 6 nitrogen and oxygen atoms in total. The van der Waals surface area contributed by atoms with Crippen molar-refractivity contribution in [2.75, 3.05) is 60.7 Å². The van der Waals surface area contributed by atoms with Gasteiger partial charge in [0.15, 0.2) is 0 Å². The predicted octanol–water partition coefficient (Wildman–Crippen LogP) is 3.96. The number of hydrogen-bond donors (Lipinski definition) is 0. The van der Waals surface area contributed by atoms with Crippen LogP contribution in [0.3, 0.4) is 0 Å². The molecule has 0 N–H and O–H groups in total. The first-order valence-electron chi connectivity index (χ1n) is 12.4. The molecule has 6 heteroatoms. The number of carbonyl (C=O) groups excluding carboxylic acids is 1. The Bertz CT molecular complexity index is 742. The summed E-state index contributed by atoms with van der Waals surface area (Å²) in [7, 11) is 6.10. The molecule has 1 saturated heterocycles. The van der Waals surface area contributed by atoms with Crippen molar-refractivity contribution < 1.29 is 14.3 Å². The van der Waals surface area contributed by atoms with Crippen molar-refractivity contribution in [3.63, 3.8) is 0 Å². The molecule has 178 valence electrons. The second kappa shape index (κ2) is 10.1. The molecule has 0 radical (unpaired) electrons. The van der Waals surface area contributed by atoms with Gasteiger partial charge in [0.2, 0.25) is 0 Å². The number of hydrogen-bond acceptors (Lipinski definition) is 4. The average molecular weight is 444 g/mol. The molecule has 1 aliphatic heterocycles. The standard InChI is InChI=1S/C26H41N3O3/c1-27(2)26(23-10-5-4-6-11-23)14-12-25(13-15-26)21-28(16-17-32-19-18-31-3)24(30)29(25)20-22-8-7-9-22/h4-6,10-11,22H,7-9,12-21H2,1-3H3/t25-,26-. The lowest BCUT2D eigenvalue weighted by molar-refractivity contribution is 0.0154. The van der Waals surface area contributed by atoms with Crippen LogP contribution in [0.4, 0.5) is 4.79 Å². The van der Waals surface area contributed by atoms with Gasteiger partial charge in [-0.1, -0.05) is 36.8 Å². The third-order valence-corrected chi connectivity index (χ3v) is 8.34. The predicted molar refractivity (Wildman–Crippen MR) is 127 cm³/mol. The largest absolute Gasteiger partial charge is 0.382 e. The van der Waals surface area contributed by atoms with Crippen molar-refractivity contribution in [3.05, 3.63) is 35.9 Å². The summed E-state index contributed by atoms with van der Waals surface area (Å²) >= 11 is 0. The summed E-state index contributed by atoms with van der Waals surface area (Å²) in [6, 6.07) is 11.2. The molecule has 1 aromatic carbocycles. The van der Waals surface area contributed by atoms with Crippen molar-refractivity contribution in [2.24, 2.45) is 5.92 Å². The van der Waals surface area contributed by atoms with E-state index in [0.717, 1.165) is 38.8 Å². The molecule has 0 atom stereocenters. The molecule has 0 unspecified atom stereocenters. The minimum absolute atomic E-state index is 0.0342. The lowest BCUT2D eigenvalue weighted by Gasteiger charge is -2.51. The number of methoxy groups -OCH3 is 1. The van der Waals surface area contributed by atoms with Gasteiger partial charge in [0.05, 0.1) is 25.4 Å². The molecule has 2 saturated carbocycles. The van der Waals surface area contributed by atoms with Crippen LogP contribution in [0.1, 0.15) is 50.5 Å². The highest BCUT2D eigenvalue weighted by Gasteiger charge is 2.54. The minimum Gasteiger partial charge on any atom is -0.382 e. The highest BCUT2D eigenvalue weighted by molar-refractivity contribution is 5.78. The second-order valence-corrected chi connectivity index (χ2v) is 10.2. The number of benzene rings is 1. The molecule has 3 fully saturated rings. The van der Waals surface area contributed by atoms with Crippen LogP contribution in [-0.4, -0.2) is 86.9 Å². The van der Waals surface area contributed by atoms with Gasteiger partial charge in [-0.25, -0.2) is 4.79 Å². The van der Waals surface area contributed by atoms with Crippen molar-refractivity contribution in [3.8, 4) is 0 Å². The van der Waals surface area contributed by atoms with E-state index in [1.807, 2.05) is 0 Å². The Morgan fingerprint density at radius 2 is 1.75 bits per heavy atom. The molecule has 4 rings (SSSR count).